The minimum Gasteiger partial charge on any atom is -0.341 e. The molecular weight excluding hydrogens is 288 g/mol. The third kappa shape index (κ3) is 2.96. The molecule has 6 heteroatoms. The predicted octanol–water partition coefficient (Wildman–Crippen LogP) is 0.681. The van der Waals surface area contributed by atoms with Crippen LogP contribution in [0.1, 0.15) is 24.0 Å². The molecule has 0 radical (unpaired) electrons. The van der Waals surface area contributed by atoms with Crippen LogP contribution in [-0.2, 0) is 27.7 Å². The Balaban J connectivity index is 1.69. The molecule has 2 aliphatic rings. The van der Waals surface area contributed by atoms with Crippen LogP contribution in [0.25, 0.3) is 0 Å². The van der Waals surface area contributed by atoms with E-state index < -0.39 is 15.3 Å². The van der Waals surface area contributed by atoms with Gasteiger partial charge >= 0.3 is 0 Å². The van der Waals surface area contributed by atoms with Crippen LogP contribution in [-0.4, -0.2) is 37.6 Å². The zero-order valence-corrected chi connectivity index (χ0v) is 12.7. The van der Waals surface area contributed by atoms with E-state index in [-0.39, 0.29) is 18.4 Å². The Kier molecular flexibility index (Phi) is 3.75. The van der Waals surface area contributed by atoms with Crippen LogP contribution in [0.4, 0.5) is 0 Å². The molecule has 1 aliphatic heterocycles. The fraction of sp³-hybridized carbons (Fsp3) is 0.533. The zero-order valence-electron chi connectivity index (χ0n) is 11.9. The van der Waals surface area contributed by atoms with Gasteiger partial charge in [0.15, 0.2) is 0 Å². The van der Waals surface area contributed by atoms with Gasteiger partial charge in [0.2, 0.25) is 15.9 Å². The monoisotopic (exact) mass is 308 g/mol. The predicted molar refractivity (Wildman–Crippen MR) is 80.0 cm³/mol. The number of nitrogens with zero attached hydrogens (tertiary/aromatic N) is 1. The second-order valence-electron chi connectivity index (χ2n) is 6.01. The smallest absolute Gasteiger partial charge is 0.226 e. The third-order valence-corrected chi connectivity index (χ3v) is 5.87. The highest BCUT2D eigenvalue weighted by molar-refractivity contribution is 7.89. The molecule has 1 aromatic carbocycles. The van der Waals surface area contributed by atoms with Crippen LogP contribution in [0.5, 0.6) is 0 Å². The van der Waals surface area contributed by atoms with Gasteiger partial charge in [0.05, 0.1) is 5.25 Å². The lowest BCUT2D eigenvalue weighted by molar-refractivity contribution is -0.136. The largest absolute Gasteiger partial charge is 0.341 e. The van der Waals surface area contributed by atoms with Crippen molar-refractivity contribution in [3.63, 3.8) is 0 Å². The van der Waals surface area contributed by atoms with Crippen molar-refractivity contribution in [1.82, 2.24) is 4.90 Å². The number of fused-ring (bicyclic) bond motifs is 1. The Morgan fingerprint density at radius 2 is 1.81 bits per heavy atom. The molecule has 2 N–H and O–H groups in total. The van der Waals surface area contributed by atoms with E-state index in [4.69, 9.17) is 5.14 Å². The number of amides is 1. The first-order chi connectivity index (χ1) is 9.95. The number of likely N-dealkylation sites (tertiary alicyclic amines) is 1. The fourth-order valence-electron chi connectivity index (χ4n) is 3.40. The van der Waals surface area contributed by atoms with Crippen LogP contribution in [0.15, 0.2) is 24.3 Å². The molecule has 1 unspecified atom stereocenters. The number of rotatable bonds is 2. The minimum absolute atomic E-state index is 0.0540. The minimum atomic E-state index is -3.56. The van der Waals surface area contributed by atoms with E-state index in [0.29, 0.717) is 19.4 Å². The van der Waals surface area contributed by atoms with Crippen molar-refractivity contribution >= 4 is 15.9 Å². The van der Waals surface area contributed by atoms with Gasteiger partial charge in [-0.05, 0) is 36.8 Å². The Morgan fingerprint density at radius 1 is 1.19 bits per heavy atom. The van der Waals surface area contributed by atoms with E-state index in [9.17, 15) is 13.2 Å². The maximum Gasteiger partial charge on any atom is 0.226 e. The summed E-state index contributed by atoms with van der Waals surface area (Å²) in [5.74, 6) is 0.0150. The second-order valence-corrected chi connectivity index (χ2v) is 7.86. The number of benzene rings is 1. The number of primary sulfonamides is 1. The Bertz CT molecular complexity index is 632. The molecule has 1 saturated heterocycles. The lowest BCUT2D eigenvalue weighted by Crippen LogP contribution is -2.48. The average molecular weight is 308 g/mol. The molecular formula is C15H20N2O3S. The quantitative estimate of drug-likeness (QED) is 0.872. The Labute approximate surface area is 125 Å². The molecule has 0 aromatic heterocycles. The molecule has 1 heterocycles. The van der Waals surface area contributed by atoms with Gasteiger partial charge in [-0.25, -0.2) is 13.6 Å². The van der Waals surface area contributed by atoms with E-state index >= 15 is 0 Å². The molecule has 5 nitrogen and oxygen atoms in total. The van der Waals surface area contributed by atoms with Crippen molar-refractivity contribution in [2.75, 3.05) is 13.1 Å². The topological polar surface area (TPSA) is 80.5 Å². The van der Waals surface area contributed by atoms with Gasteiger partial charge in [-0.1, -0.05) is 24.3 Å². The van der Waals surface area contributed by atoms with Crippen LogP contribution < -0.4 is 5.14 Å². The van der Waals surface area contributed by atoms with Crippen LogP contribution in [0.2, 0.25) is 0 Å². The van der Waals surface area contributed by atoms with E-state index in [1.54, 1.807) is 4.90 Å². The summed E-state index contributed by atoms with van der Waals surface area (Å²) in [6.45, 7) is 0.877. The lowest BCUT2D eigenvalue weighted by Gasteiger charge is -2.33. The Hall–Kier alpha value is -1.40. The number of hydrogen-bond donors (Lipinski definition) is 1. The van der Waals surface area contributed by atoms with Crippen molar-refractivity contribution in [3.8, 4) is 0 Å². The molecule has 3 rings (SSSR count). The number of hydrogen-bond acceptors (Lipinski definition) is 3. The summed E-state index contributed by atoms with van der Waals surface area (Å²) in [7, 11) is -3.56. The summed E-state index contributed by atoms with van der Waals surface area (Å²) < 4.78 is 23.0. The zero-order chi connectivity index (χ0) is 15.0. The summed E-state index contributed by atoms with van der Waals surface area (Å²) in [5, 5.41) is 4.62. The highest BCUT2D eigenvalue weighted by atomic mass is 32.2. The molecule has 1 amide bonds. The molecule has 0 saturated carbocycles. The second kappa shape index (κ2) is 5.42. The molecule has 0 spiro atoms. The summed E-state index contributed by atoms with van der Waals surface area (Å²) in [6.07, 6.45) is 2.76. The fourth-order valence-corrected chi connectivity index (χ4v) is 4.28. The molecule has 1 fully saturated rings. The molecule has 21 heavy (non-hydrogen) atoms. The van der Waals surface area contributed by atoms with Gasteiger partial charge < -0.3 is 4.90 Å². The summed E-state index contributed by atoms with van der Waals surface area (Å²) in [5.41, 5.74) is 2.46. The van der Waals surface area contributed by atoms with Gasteiger partial charge in [0.1, 0.15) is 0 Å². The van der Waals surface area contributed by atoms with Crippen molar-refractivity contribution in [2.24, 2.45) is 11.1 Å². The highest BCUT2D eigenvalue weighted by Gasteiger charge is 2.35. The summed E-state index contributed by atoms with van der Waals surface area (Å²) >= 11 is 0. The molecule has 1 atom stereocenters. The van der Waals surface area contributed by atoms with E-state index in [2.05, 4.69) is 12.1 Å². The van der Waals surface area contributed by atoms with Crippen molar-refractivity contribution in [3.05, 3.63) is 35.4 Å². The van der Waals surface area contributed by atoms with Gasteiger partial charge in [-0.15, -0.1) is 0 Å². The maximum atomic E-state index is 12.6. The van der Waals surface area contributed by atoms with Crippen LogP contribution in [0, 0.1) is 5.92 Å². The van der Waals surface area contributed by atoms with Gasteiger partial charge in [0, 0.05) is 19.0 Å². The maximum absolute atomic E-state index is 12.6. The lowest BCUT2D eigenvalue weighted by atomic mass is 10.0. The van der Waals surface area contributed by atoms with E-state index in [1.165, 1.54) is 11.1 Å². The molecule has 0 bridgehead atoms. The van der Waals surface area contributed by atoms with Gasteiger partial charge in [-0.3, -0.25) is 4.79 Å². The number of sulfonamides is 1. The normalized spacial score (nSPS) is 23.1. The highest BCUT2D eigenvalue weighted by Crippen LogP contribution is 2.29. The van der Waals surface area contributed by atoms with Gasteiger partial charge in [-0.2, -0.15) is 0 Å². The first-order valence-electron chi connectivity index (χ1n) is 7.32. The summed E-state index contributed by atoms with van der Waals surface area (Å²) in [6, 6.07) is 8.10. The van der Waals surface area contributed by atoms with Crippen LogP contribution in [0.3, 0.4) is 0 Å². The average Bonchev–Trinajstić information content (AvgIpc) is 2.89. The van der Waals surface area contributed by atoms with Crippen molar-refractivity contribution in [1.29, 1.82) is 0 Å². The molecule has 1 aromatic rings. The van der Waals surface area contributed by atoms with Crippen molar-refractivity contribution in [2.45, 2.75) is 30.9 Å². The molecule has 114 valence electrons. The van der Waals surface area contributed by atoms with E-state index in [0.717, 1.165) is 12.8 Å². The number of piperidine rings is 1. The standard InChI is InChI=1S/C15H20N2O3S/c16-21(19,20)14-6-3-7-17(10-14)15(18)13-8-11-4-1-2-5-12(11)9-13/h1-2,4-5,13-14H,3,6-10H2,(H2,16,19,20). The first kappa shape index (κ1) is 14.5. The van der Waals surface area contributed by atoms with E-state index in [1.807, 2.05) is 12.1 Å². The SMILES string of the molecule is NS(=O)(=O)C1CCCN(C(=O)C2Cc3ccccc3C2)C1. The molecule has 1 aliphatic carbocycles. The summed E-state index contributed by atoms with van der Waals surface area (Å²) in [4.78, 5) is 14.3. The van der Waals surface area contributed by atoms with Gasteiger partial charge in [0.25, 0.3) is 0 Å². The first-order valence-corrected chi connectivity index (χ1v) is 8.93. The number of carbonyl (C=O) groups excluding carboxylic acids is 1. The number of carbonyl (C=O) groups is 1. The third-order valence-electron chi connectivity index (χ3n) is 4.55. The number of nitrogens with two attached hydrogens (primary N) is 1. The van der Waals surface area contributed by atoms with Crippen molar-refractivity contribution < 1.29 is 13.2 Å². The Morgan fingerprint density at radius 3 is 2.38 bits per heavy atom. The van der Waals surface area contributed by atoms with Crippen LogP contribution >= 0.6 is 0 Å².